The van der Waals surface area contributed by atoms with Crippen LogP contribution < -0.4 is 10.1 Å². The minimum Gasteiger partial charge on any atom is -0.487 e. The number of carbonyl (C=O) groups excluding carboxylic acids is 2. The predicted octanol–water partition coefficient (Wildman–Crippen LogP) is 4.80. The van der Waals surface area contributed by atoms with Crippen molar-refractivity contribution in [3.63, 3.8) is 0 Å². The van der Waals surface area contributed by atoms with Gasteiger partial charge >= 0.3 is 0 Å². The molecule has 7 heteroatoms. The van der Waals surface area contributed by atoms with Crippen molar-refractivity contribution in [3.05, 3.63) is 89.2 Å². The molecule has 2 aromatic carbocycles. The third-order valence-electron chi connectivity index (χ3n) is 5.39. The molecule has 4 rings (SSSR count). The van der Waals surface area contributed by atoms with Crippen molar-refractivity contribution in [2.75, 3.05) is 18.4 Å². The smallest absolute Gasteiger partial charge is 0.253 e. The Balaban J connectivity index is 1.35. The maximum Gasteiger partial charge on any atom is 0.253 e. The largest absolute Gasteiger partial charge is 0.487 e. The fourth-order valence-corrected chi connectivity index (χ4v) is 3.83. The minimum absolute atomic E-state index is 0.0796. The third kappa shape index (κ3) is 5.65. The third-order valence-corrected chi connectivity index (χ3v) is 5.64. The normalized spacial score (nSPS) is 15.8. The zero-order chi connectivity index (χ0) is 22.3. The lowest BCUT2D eigenvalue weighted by atomic mass is 9.96. The van der Waals surface area contributed by atoms with Crippen molar-refractivity contribution in [3.8, 4) is 5.75 Å². The van der Waals surface area contributed by atoms with E-state index in [2.05, 4.69) is 10.3 Å². The number of aromatic nitrogens is 1. The summed E-state index contributed by atoms with van der Waals surface area (Å²) in [6.45, 7) is 1.38. The monoisotopic (exact) mass is 449 g/mol. The highest BCUT2D eigenvalue weighted by Crippen LogP contribution is 2.23. The summed E-state index contributed by atoms with van der Waals surface area (Å²) in [4.78, 5) is 31.7. The zero-order valence-corrected chi connectivity index (χ0v) is 18.3. The predicted molar refractivity (Wildman–Crippen MR) is 124 cm³/mol. The Labute approximate surface area is 192 Å². The van der Waals surface area contributed by atoms with Gasteiger partial charge in [-0.2, -0.15) is 0 Å². The summed E-state index contributed by atoms with van der Waals surface area (Å²) in [6.07, 6.45) is 3.25. The van der Waals surface area contributed by atoms with E-state index >= 15 is 0 Å². The number of amides is 2. The molecular weight excluding hydrogens is 426 g/mol. The van der Waals surface area contributed by atoms with E-state index in [1.165, 1.54) is 0 Å². The Morgan fingerprint density at radius 1 is 1.09 bits per heavy atom. The molecule has 0 saturated carbocycles. The van der Waals surface area contributed by atoms with Crippen LogP contribution in [0.2, 0.25) is 5.02 Å². The van der Waals surface area contributed by atoms with E-state index in [-0.39, 0.29) is 17.7 Å². The number of hydrogen-bond donors (Lipinski definition) is 1. The Hall–Kier alpha value is -3.38. The first kappa shape index (κ1) is 21.8. The maximum atomic E-state index is 12.9. The molecule has 0 radical (unpaired) electrons. The van der Waals surface area contributed by atoms with Gasteiger partial charge in [0.15, 0.2) is 0 Å². The number of nitrogens with zero attached hydrogens (tertiary/aromatic N) is 2. The number of ether oxygens (including phenoxy) is 1. The number of halogens is 1. The summed E-state index contributed by atoms with van der Waals surface area (Å²) < 4.78 is 5.79. The molecule has 0 unspecified atom stereocenters. The molecule has 1 aliphatic rings. The van der Waals surface area contributed by atoms with Gasteiger partial charge in [-0.25, -0.2) is 0 Å². The topological polar surface area (TPSA) is 71.5 Å². The van der Waals surface area contributed by atoms with Crippen LogP contribution in [0, 0.1) is 5.92 Å². The van der Waals surface area contributed by atoms with Gasteiger partial charge in [0.1, 0.15) is 12.4 Å². The highest BCUT2D eigenvalue weighted by atomic mass is 35.5. The summed E-state index contributed by atoms with van der Waals surface area (Å²) in [6, 6.07) is 19.8. The number of benzene rings is 2. The van der Waals surface area contributed by atoms with E-state index < -0.39 is 0 Å². The molecule has 1 fully saturated rings. The summed E-state index contributed by atoms with van der Waals surface area (Å²) in [5.41, 5.74) is 2.07. The van der Waals surface area contributed by atoms with Crippen LogP contribution in [0.5, 0.6) is 5.75 Å². The van der Waals surface area contributed by atoms with Crippen molar-refractivity contribution >= 4 is 29.1 Å². The van der Waals surface area contributed by atoms with Crippen LogP contribution in [0.3, 0.4) is 0 Å². The lowest BCUT2D eigenvalue weighted by Crippen LogP contribution is -2.43. The van der Waals surface area contributed by atoms with Crippen LogP contribution in [-0.4, -0.2) is 34.8 Å². The second-order valence-electron chi connectivity index (χ2n) is 7.72. The van der Waals surface area contributed by atoms with Gasteiger partial charge in [-0.15, -0.1) is 0 Å². The Bertz CT molecular complexity index is 1070. The molecule has 32 heavy (non-hydrogen) atoms. The maximum absolute atomic E-state index is 12.9. The number of likely N-dealkylation sites (tertiary alicyclic amines) is 1. The van der Waals surface area contributed by atoms with Crippen LogP contribution in [-0.2, 0) is 11.4 Å². The van der Waals surface area contributed by atoms with Gasteiger partial charge in [-0.3, -0.25) is 14.6 Å². The van der Waals surface area contributed by atoms with Crippen molar-refractivity contribution in [2.45, 2.75) is 19.4 Å². The van der Waals surface area contributed by atoms with Gasteiger partial charge in [0.05, 0.1) is 11.6 Å². The van der Waals surface area contributed by atoms with Crippen LogP contribution in [0.1, 0.15) is 28.9 Å². The highest BCUT2D eigenvalue weighted by molar-refractivity contribution is 6.30. The van der Waals surface area contributed by atoms with E-state index in [9.17, 15) is 9.59 Å². The molecule has 164 valence electrons. The van der Waals surface area contributed by atoms with E-state index in [0.29, 0.717) is 41.7 Å². The summed E-state index contributed by atoms with van der Waals surface area (Å²) in [5.74, 6) is 0.208. The molecule has 2 amide bonds. The number of pyridine rings is 1. The fraction of sp³-hybridized carbons (Fsp3) is 0.240. The lowest BCUT2D eigenvalue weighted by molar-refractivity contribution is -0.121. The Kier molecular flexibility index (Phi) is 7.02. The van der Waals surface area contributed by atoms with Crippen LogP contribution in [0.25, 0.3) is 0 Å². The second-order valence-corrected chi connectivity index (χ2v) is 8.16. The summed E-state index contributed by atoms with van der Waals surface area (Å²) in [7, 11) is 0. The first-order valence-electron chi connectivity index (χ1n) is 10.6. The standard InChI is InChI=1S/C25H24ClN3O3/c26-20-11-9-18(10-12-20)25(31)29-14-4-5-19(16-29)24(30)28-21-7-3-8-23(15-21)32-17-22-6-1-2-13-27-22/h1-3,6-13,15,19H,4-5,14,16-17H2,(H,28,30)/t19-/m1/s1. The Morgan fingerprint density at radius 2 is 1.94 bits per heavy atom. The van der Waals surface area contributed by atoms with Gasteiger partial charge in [0, 0.05) is 41.6 Å². The number of carbonyl (C=O) groups is 2. The van der Waals surface area contributed by atoms with Crippen LogP contribution in [0.4, 0.5) is 5.69 Å². The first-order chi connectivity index (χ1) is 15.6. The highest BCUT2D eigenvalue weighted by Gasteiger charge is 2.29. The number of piperidine rings is 1. The zero-order valence-electron chi connectivity index (χ0n) is 17.5. The molecule has 6 nitrogen and oxygen atoms in total. The first-order valence-corrected chi connectivity index (χ1v) is 10.9. The second kappa shape index (κ2) is 10.3. The molecule has 3 aromatic rings. The van der Waals surface area contributed by atoms with Gasteiger partial charge in [-0.1, -0.05) is 23.7 Å². The van der Waals surface area contributed by atoms with Crippen molar-refractivity contribution in [1.82, 2.24) is 9.88 Å². The molecule has 1 aliphatic heterocycles. The van der Waals surface area contributed by atoms with Gasteiger partial charge in [-0.05, 0) is 61.4 Å². The molecule has 0 bridgehead atoms. The number of rotatable bonds is 6. The average molecular weight is 450 g/mol. The van der Waals surface area contributed by atoms with Crippen molar-refractivity contribution in [2.24, 2.45) is 5.92 Å². The van der Waals surface area contributed by atoms with Crippen molar-refractivity contribution < 1.29 is 14.3 Å². The molecule has 0 spiro atoms. The SMILES string of the molecule is O=C(Nc1cccc(OCc2ccccn2)c1)[C@@H]1CCCN(C(=O)c2ccc(Cl)cc2)C1. The fourth-order valence-electron chi connectivity index (χ4n) is 3.70. The molecule has 1 aromatic heterocycles. The molecule has 2 heterocycles. The minimum atomic E-state index is -0.266. The van der Waals surface area contributed by atoms with Gasteiger partial charge < -0.3 is 15.0 Å². The lowest BCUT2D eigenvalue weighted by Gasteiger charge is -2.32. The molecule has 1 saturated heterocycles. The number of anilines is 1. The van der Waals surface area contributed by atoms with Gasteiger partial charge in [0.2, 0.25) is 5.91 Å². The van der Waals surface area contributed by atoms with E-state index in [0.717, 1.165) is 18.5 Å². The van der Waals surface area contributed by atoms with Crippen LogP contribution in [0.15, 0.2) is 72.9 Å². The quantitative estimate of drug-likeness (QED) is 0.586. The van der Waals surface area contributed by atoms with E-state index in [1.54, 1.807) is 41.4 Å². The molecule has 1 N–H and O–H groups in total. The number of nitrogens with one attached hydrogen (secondary N) is 1. The van der Waals surface area contributed by atoms with E-state index in [4.69, 9.17) is 16.3 Å². The van der Waals surface area contributed by atoms with E-state index in [1.807, 2.05) is 36.4 Å². The molecular formula is C25H24ClN3O3. The summed E-state index contributed by atoms with van der Waals surface area (Å²) >= 11 is 5.92. The molecule has 0 aliphatic carbocycles. The van der Waals surface area contributed by atoms with Gasteiger partial charge in [0.25, 0.3) is 5.91 Å². The average Bonchev–Trinajstić information content (AvgIpc) is 2.84. The van der Waals surface area contributed by atoms with Crippen LogP contribution >= 0.6 is 11.6 Å². The Morgan fingerprint density at radius 3 is 2.72 bits per heavy atom. The molecule has 1 atom stereocenters. The number of hydrogen-bond acceptors (Lipinski definition) is 4. The van der Waals surface area contributed by atoms with Crippen molar-refractivity contribution in [1.29, 1.82) is 0 Å². The summed E-state index contributed by atoms with van der Waals surface area (Å²) in [5, 5.41) is 3.55.